The van der Waals surface area contributed by atoms with Crippen LogP contribution in [0.2, 0.25) is 5.15 Å². The predicted octanol–water partition coefficient (Wildman–Crippen LogP) is 3.81. The van der Waals surface area contributed by atoms with Gasteiger partial charge in [-0.3, -0.25) is 9.59 Å². The minimum Gasteiger partial charge on any atom is -0.461 e. The quantitative estimate of drug-likeness (QED) is 0.461. The molecule has 0 aromatic carbocycles. The topological polar surface area (TPSA) is 56.3 Å². The van der Waals surface area contributed by atoms with Gasteiger partial charge in [0, 0.05) is 23.1 Å². The molecule has 110 valence electrons. The molecular formula is C15H14ClNO3S. The number of thiophene rings is 1. The van der Waals surface area contributed by atoms with Crippen molar-refractivity contribution in [2.24, 2.45) is 0 Å². The van der Waals surface area contributed by atoms with Gasteiger partial charge in [-0.2, -0.15) is 0 Å². The van der Waals surface area contributed by atoms with Gasteiger partial charge in [-0.05, 0) is 25.1 Å². The zero-order chi connectivity index (χ0) is 15.2. The van der Waals surface area contributed by atoms with Crippen LogP contribution in [0.1, 0.15) is 33.0 Å². The second-order valence-corrected chi connectivity index (χ2v) is 6.16. The second kappa shape index (κ2) is 7.33. The molecule has 21 heavy (non-hydrogen) atoms. The summed E-state index contributed by atoms with van der Waals surface area (Å²) in [5, 5.41) is 0.391. The van der Waals surface area contributed by atoms with Crippen molar-refractivity contribution >= 4 is 34.7 Å². The zero-order valence-electron chi connectivity index (χ0n) is 11.5. The molecule has 2 rings (SSSR count). The van der Waals surface area contributed by atoms with Crippen LogP contribution in [0.5, 0.6) is 0 Å². The first kappa shape index (κ1) is 15.7. The molecule has 0 unspecified atom stereocenters. The van der Waals surface area contributed by atoms with E-state index in [2.05, 4.69) is 4.98 Å². The molecule has 0 aliphatic carbocycles. The molecule has 4 nitrogen and oxygen atoms in total. The Hall–Kier alpha value is -1.72. The number of esters is 1. The molecule has 6 heteroatoms. The number of aromatic nitrogens is 1. The van der Waals surface area contributed by atoms with E-state index >= 15 is 0 Å². The average molecular weight is 324 g/mol. The minimum absolute atomic E-state index is 0.0294. The highest BCUT2D eigenvalue weighted by Gasteiger charge is 2.12. The molecule has 0 atom stereocenters. The molecule has 0 radical (unpaired) electrons. The van der Waals surface area contributed by atoms with E-state index in [9.17, 15) is 9.59 Å². The lowest BCUT2D eigenvalue weighted by Crippen LogP contribution is -2.07. The first-order chi connectivity index (χ1) is 10.0. The number of halogens is 1. The Morgan fingerprint density at radius 1 is 1.24 bits per heavy atom. The SMILES string of the molecule is Cc1ccc(C(=O)CCC(=O)OCc2ccc(Cl)nc2)s1. The van der Waals surface area contributed by atoms with Gasteiger partial charge in [0.05, 0.1) is 11.3 Å². The zero-order valence-corrected chi connectivity index (χ0v) is 13.0. The Kier molecular flexibility index (Phi) is 5.47. The van der Waals surface area contributed by atoms with Gasteiger partial charge in [-0.25, -0.2) is 4.98 Å². The lowest BCUT2D eigenvalue weighted by atomic mass is 10.2. The molecule has 0 bridgehead atoms. The molecule has 2 heterocycles. The summed E-state index contributed by atoms with van der Waals surface area (Å²) >= 11 is 7.10. The Labute approximate surface area is 131 Å². The molecule has 0 aliphatic heterocycles. The van der Waals surface area contributed by atoms with Gasteiger partial charge in [-0.1, -0.05) is 17.7 Å². The summed E-state index contributed by atoms with van der Waals surface area (Å²) in [5.41, 5.74) is 0.757. The Morgan fingerprint density at radius 2 is 2.05 bits per heavy atom. The van der Waals surface area contributed by atoms with Crippen molar-refractivity contribution in [2.75, 3.05) is 0 Å². The Morgan fingerprint density at radius 3 is 2.67 bits per heavy atom. The number of rotatable bonds is 6. The number of Topliss-reactive ketones (excluding diaryl/α,β-unsaturated/α-hetero) is 1. The maximum absolute atomic E-state index is 11.9. The molecule has 0 saturated heterocycles. The van der Waals surface area contributed by atoms with Gasteiger partial charge in [0.2, 0.25) is 0 Å². The number of carbonyl (C=O) groups excluding carboxylic acids is 2. The van der Waals surface area contributed by atoms with Gasteiger partial charge in [0.25, 0.3) is 0 Å². The lowest BCUT2D eigenvalue weighted by molar-refractivity contribution is -0.144. The van der Waals surface area contributed by atoms with Crippen LogP contribution in [-0.4, -0.2) is 16.7 Å². The van der Waals surface area contributed by atoms with Crippen molar-refractivity contribution in [2.45, 2.75) is 26.4 Å². The number of aryl methyl sites for hydroxylation is 1. The van der Waals surface area contributed by atoms with Crippen molar-refractivity contribution in [3.8, 4) is 0 Å². The van der Waals surface area contributed by atoms with Crippen LogP contribution in [-0.2, 0) is 16.1 Å². The number of pyridine rings is 1. The second-order valence-electron chi connectivity index (χ2n) is 4.48. The largest absolute Gasteiger partial charge is 0.461 e. The third-order valence-corrected chi connectivity index (χ3v) is 4.03. The van der Waals surface area contributed by atoms with Crippen molar-refractivity contribution in [3.05, 3.63) is 50.9 Å². The van der Waals surface area contributed by atoms with E-state index in [0.717, 1.165) is 10.4 Å². The van der Waals surface area contributed by atoms with E-state index in [1.165, 1.54) is 11.3 Å². The summed E-state index contributed by atoms with van der Waals surface area (Å²) < 4.78 is 5.09. The fraction of sp³-hybridized carbons (Fsp3) is 0.267. The maximum Gasteiger partial charge on any atom is 0.306 e. The van der Waals surface area contributed by atoms with E-state index in [0.29, 0.717) is 10.0 Å². The highest BCUT2D eigenvalue weighted by atomic mass is 35.5. The van der Waals surface area contributed by atoms with E-state index in [4.69, 9.17) is 16.3 Å². The molecular weight excluding hydrogens is 310 g/mol. The minimum atomic E-state index is -0.397. The Bertz CT molecular complexity index is 637. The summed E-state index contributed by atoms with van der Waals surface area (Å²) in [7, 11) is 0. The summed E-state index contributed by atoms with van der Waals surface area (Å²) in [6.07, 6.45) is 1.80. The normalized spacial score (nSPS) is 10.4. The third-order valence-electron chi connectivity index (χ3n) is 2.76. The summed E-state index contributed by atoms with van der Waals surface area (Å²) in [4.78, 5) is 29.1. The fourth-order valence-electron chi connectivity index (χ4n) is 1.65. The first-order valence-electron chi connectivity index (χ1n) is 6.40. The number of hydrogen-bond donors (Lipinski definition) is 0. The van der Waals surface area contributed by atoms with Crippen molar-refractivity contribution in [1.29, 1.82) is 0 Å². The molecule has 0 spiro atoms. The number of nitrogens with zero attached hydrogens (tertiary/aromatic N) is 1. The smallest absolute Gasteiger partial charge is 0.306 e. The van der Waals surface area contributed by atoms with Gasteiger partial charge < -0.3 is 4.74 Å². The molecule has 0 fully saturated rings. The highest BCUT2D eigenvalue weighted by Crippen LogP contribution is 2.17. The first-order valence-corrected chi connectivity index (χ1v) is 7.60. The monoisotopic (exact) mass is 323 g/mol. The van der Waals surface area contributed by atoms with Gasteiger partial charge in [0.1, 0.15) is 11.8 Å². The van der Waals surface area contributed by atoms with Crippen LogP contribution in [0.3, 0.4) is 0 Å². The molecule has 2 aromatic rings. The van der Waals surface area contributed by atoms with Crippen LogP contribution >= 0.6 is 22.9 Å². The van der Waals surface area contributed by atoms with Crippen LogP contribution in [0, 0.1) is 6.92 Å². The molecule has 0 N–H and O–H groups in total. The summed E-state index contributed by atoms with van der Waals surface area (Å²) in [5.74, 6) is -0.426. The van der Waals surface area contributed by atoms with Crippen LogP contribution in [0.25, 0.3) is 0 Å². The van der Waals surface area contributed by atoms with E-state index in [1.54, 1.807) is 24.4 Å². The van der Waals surface area contributed by atoms with Crippen LogP contribution < -0.4 is 0 Å². The van der Waals surface area contributed by atoms with Gasteiger partial charge >= 0.3 is 5.97 Å². The van der Waals surface area contributed by atoms with Crippen LogP contribution in [0.4, 0.5) is 0 Å². The summed E-state index contributed by atoms with van der Waals surface area (Å²) in [6, 6.07) is 7.05. The maximum atomic E-state index is 11.9. The lowest BCUT2D eigenvalue weighted by Gasteiger charge is -2.04. The van der Waals surface area contributed by atoms with E-state index < -0.39 is 5.97 Å². The fourth-order valence-corrected chi connectivity index (χ4v) is 2.60. The van der Waals surface area contributed by atoms with Crippen molar-refractivity contribution < 1.29 is 14.3 Å². The molecule has 0 aliphatic rings. The highest BCUT2D eigenvalue weighted by molar-refractivity contribution is 7.14. The van der Waals surface area contributed by atoms with Crippen molar-refractivity contribution in [3.63, 3.8) is 0 Å². The third kappa shape index (κ3) is 4.95. The van der Waals surface area contributed by atoms with Gasteiger partial charge in [0.15, 0.2) is 5.78 Å². The van der Waals surface area contributed by atoms with E-state index in [-0.39, 0.29) is 25.2 Å². The molecule has 2 aromatic heterocycles. The van der Waals surface area contributed by atoms with Gasteiger partial charge in [-0.15, -0.1) is 11.3 Å². The standard InChI is InChI=1S/C15H14ClNO3S/c1-10-2-5-13(21-10)12(18)4-7-15(19)20-9-11-3-6-14(16)17-8-11/h2-3,5-6,8H,4,7,9H2,1H3. The average Bonchev–Trinajstić information content (AvgIpc) is 2.91. The number of hydrogen-bond acceptors (Lipinski definition) is 5. The summed E-state index contributed by atoms with van der Waals surface area (Å²) in [6.45, 7) is 2.07. The molecule has 0 amide bonds. The predicted molar refractivity (Wildman–Crippen MR) is 81.7 cm³/mol. The van der Waals surface area contributed by atoms with E-state index in [1.807, 2.05) is 13.0 Å². The number of ketones is 1. The Balaban J connectivity index is 1.74. The number of carbonyl (C=O) groups is 2. The number of ether oxygens (including phenoxy) is 1. The van der Waals surface area contributed by atoms with Crippen molar-refractivity contribution in [1.82, 2.24) is 4.98 Å². The molecule has 0 saturated carbocycles. The van der Waals surface area contributed by atoms with Crippen LogP contribution in [0.15, 0.2) is 30.5 Å².